The first kappa shape index (κ1) is 14.2. The molecule has 1 aliphatic carbocycles. The second-order valence-electron chi connectivity index (χ2n) is 4.13. The van der Waals surface area contributed by atoms with E-state index in [0.717, 1.165) is 12.8 Å². The normalized spacial score (nSPS) is 15.8. The summed E-state index contributed by atoms with van der Waals surface area (Å²) in [6.45, 7) is -0.883. The number of amides is 1. The molecule has 1 aliphatic rings. The molecule has 0 unspecified atom stereocenters. The predicted molar refractivity (Wildman–Crippen MR) is 61.9 cm³/mol. The van der Waals surface area contributed by atoms with Crippen molar-refractivity contribution in [3.05, 3.63) is 11.4 Å². The molecule has 1 amide bonds. The molecule has 19 heavy (non-hydrogen) atoms. The van der Waals surface area contributed by atoms with Gasteiger partial charge in [0.05, 0.1) is 12.2 Å². The number of alkyl halides is 2. The maximum atomic E-state index is 12.0. The van der Waals surface area contributed by atoms with Crippen molar-refractivity contribution in [3.63, 3.8) is 0 Å². The molecular formula is C9H10ClF2N3O3S. The van der Waals surface area contributed by atoms with Gasteiger partial charge in [0.25, 0.3) is 21.4 Å². The first-order valence-corrected chi connectivity index (χ1v) is 7.71. The standard InChI is InChI=1S/C9H10ClF2N3O3S/c10-19(17,18)8-6(4-1-2-4)14-15-7(8)9(16)13-3-5(11)12/h4-5H,1-3H2,(H,13,16)(H,14,15). The van der Waals surface area contributed by atoms with Gasteiger partial charge in [-0.15, -0.1) is 0 Å². The van der Waals surface area contributed by atoms with Crippen molar-refractivity contribution in [2.75, 3.05) is 6.54 Å². The molecule has 0 bridgehead atoms. The van der Waals surface area contributed by atoms with Gasteiger partial charge in [-0.25, -0.2) is 17.2 Å². The van der Waals surface area contributed by atoms with Crippen LogP contribution in [-0.4, -0.2) is 37.5 Å². The molecule has 0 aromatic carbocycles. The van der Waals surface area contributed by atoms with E-state index >= 15 is 0 Å². The number of rotatable bonds is 5. The van der Waals surface area contributed by atoms with Crippen LogP contribution in [0.1, 0.15) is 34.9 Å². The van der Waals surface area contributed by atoms with E-state index in [1.165, 1.54) is 0 Å². The minimum absolute atomic E-state index is 0.0346. The molecule has 0 saturated heterocycles. The molecule has 2 rings (SSSR count). The van der Waals surface area contributed by atoms with Crippen molar-refractivity contribution in [2.45, 2.75) is 30.1 Å². The van der Waals surface area contributed by atoms with Gasteiger partial charge >= 0.3 is 0 Å². The maximum Gasteiger partial charge on any atom is 0.273 e. The molecule has 1 heterocycles. The van der Waals surface area contributed by atoms with Gasteiger partial charge in [0.15, 0.2) is 5.69 Å². The summed E-state index contributed by atoms with van der Waals surface area (Å²) in [5, 5.41) is 7.91. The van der Waals surface area contributed by atoms with Gasteiger partial charge in [-0.05, 0) is 12.8 Å². The van der Waals surface area contributed by atoms with Gasteiger partial charge in [0.1, 0.15) is 4.90 Å². The topological polar surface area (TPSA) is 91.9 Å². The molecule has 2 N–H and O–H groups in total. The molecule has 1 aromatic rings. The highest BCUT2D eigenvalue weighted by Gasteiger charge is 2.36. The molecule has 0 radical (unpaired) electrons. The van der Waals surface area contributed by atoms with Crippen LogP contribution in [-0.2, 0) is 9.05 Å². The summed E-state index contributed by atoms with van der Waals surface area (Å²) in [4.78, 5) is 11.2. The van der Waals surface area contributed by atoms with Crippen LogP contribution in [0.25, 0.3) is 0 Å². The SMILES string of the molecule is O=C(NCC(F)F)c1n[nH]c(C2CC2)c1S(=O)(=O)Cl. The van der Waals surface area contributed by atoms with Gasteiger partial charge in [0, 0.05) is 16.6 Å². The van der Waals surface area contributed by atoms with Gasteiger partial charge in [-0.1, -0.05) is 0 Å². The number of nitrogens with one attached hydrogen (secondary N) is 2. The first-order valence-electron chi connectivity index (χ1n) is 5.40. The van der Waals surface area contributed by atoms with Crippen molar-refractivity contribution in [2.24, 2.45) is 0 Å². The smallest absolute Gasteiger partial charge is 0.273 e. The average Bonchev–Trinajstić information content (AvgIpc) is 3.03. The third kappa shape index (κ3) is 3.21. The lowest BCUT2D eigenvalue weighted by Crippen LogP contribution is -2.29. The lowest BCUT2D eigenvalue weighted by Gasteiger charge is -2.03. The lowest BCUT2D eigenvalue weighted by atomic mass is 10.2. The number of halogens is 3. The number of aromatic nitrogens is 2. The number of hydrogen-bond acceptors (Lipinski definition) is 4. The van der Waals surface area contributed by atoms with Crippen LogP contribution in [0.5, 0.6) is 0 Å². The molecule has 0 aliphatic heterocycles. The predicted octanol–water partition coefficient (Wildman–Crippen LogP) is 1.21. The average molecular weight is 314 g/mol. The monoisotopic (exact) mass is 313 g/mol. The van der Waals surface area contributed by atoms with E-state index in [9.17, 15) is 22.0 Å². The summed E-state index contributed by atoms with van der Waals surface area (Å²) in [6, 6.07) is 0. The summed E-state index contributed by atoms with van der Waals surface area (Å²) < 4.78 is 47.0. The van der Waals surface area contributed by atoms with E-state index in [4.69, 9.17) is 10.7 Å². The Morgan fingerprint density at radius 3 is 2.63 bits per heavy atom. The Hall–Kier alpha value is -1.22. The van der Waals surface area contributed by atoms with Gasteiger partial charge < -0.3 is 5.32 Å². The summed E-state index contributed by atoms with van der Waals surface area (Å²) >= 11 is 0. The number of carbonyl (C=O) groups is 1. The van der Waals surface area contributed by atoms with E-state index in [2.05, 4.69) is 10.2 Å². The van der Waals surface area contributed by atoms with Crippen molar-refractivity contribution < 1.29 is 22.0 Å². The van der Waals surface area contributed by atoms with E-state index in [1.807, 2.05) is 5.32 Å². The number of aromatic amines is 1. The van der Waals surface area contributed by atoms with Crippen LogP contribution < -0.4 is 5.32 Å². The molecular weight excluding hydrogens is 304 g/mol. The van der Waals surface area contributed by atoms with Crippen molar-refractivity contribution >= 4 is 25.6 Å². The Labute approximate surface area is 111 Å². The van der Waals surface area contributed by atoms with Crippen LogP contribution in [0.15, 0.2) is 4.90 Å². The fourth-order valence-corrected chi connectivity index (χ4v) is 2.96. The fraction of sp³-hybridized carbons (Fsp3) is 0.556. The van der Waals surface area contributed by atoms with E-state index < -0.39 is 38.5 Å². The van der Waals surface area contributed by atoms with Crippen LogP contribution in [0.3, 0.4) is 0 Å². The second-order valence-corrected chi connectivity index (χ2v) is 6.63. The van der Waals surface area contributed by atoms with E-state index in [-0.39, 0.29) is 11.6 Å². The summed E-state index contributed by atoms with van der Waals surface area (Å²) in [6.07, 6.45) is -1.21. The van der Waals surface area contributed by atoms with Gasteiger partial charge in [-0.3, -0.25) is 9.89 Å². The zero-order chi connectivity index (χ0) is 14.2. The Bertz CT molecular complexity index is 598. The third-order valence-electron chi connectivity index (χ3n) is 2.61. The van der Waals surface area contributed by atoms with E-state index in [0.29, 0.717) is 0 Å². The number of nitrogens with zero attached hydrogens (tertiary/aromatic N) is 1. The van der Waals surface area contributed by atoms with Crippen LogP contribution >= 0.6 is 10.7 Å². The highest BCUT2D eigenvalue weighted by atomic mass is 35.7. The molecule has 106 valence electrons. The second kappa shape index (κ2) is 5.04. The summed E-state index contributed by atoms with van der Waals surface area (Å²) in [5.41, 5.74) is -0.213. The van der Waals surface area contributed by atoms with Crippen molar-refractivity contribution in [1.82, 2.24) is 15.5 Å². The molecule has 6 nitrogen and oxygen atoms in total. The highest BCUT2D eigenvalue weighted by molar-refractivity contribution is 8.13. The quantitative estimate of drug-likeness (QED) is 0.799. The lowest BCUT2D eigenvalue weighted by molar-refractivity contribution is 0.0884. The molecule has 0 spiro atoms. The Morgan fingerprint density at radius 1 is 1.53 bits per heavy atom. The summed E-state index contributed by atoms with van der Waals surface area (Å²) in [7, 11) is 1.09. The van der Waals surface area contributed by atoms with Crippen LogP contribution in [0, 0.1) is 0 Å². The van der Waals surface area contributed by atoms with Crippen LogP contribution in [0.2, 0.25) is 0 Å². The molecule has 1 aromatic heterocycles. The summed E-state index contributed by atoms with van der Waals surface area (Å²) in [5.74, 6) is -1.03. The Balaban J connectivity index is 2.32. The van der Waals surface area contributed by atoms with Crippen molar-refractivity contribution in [3.8, 4) is 0 Å². The minimum atomic E-state index is -4.18. The minimum Gasteiger partial charge on any atom is -0.345 e. The Morgan fingerprint density at radius 2 is 2.16 bits per heavy atom. The van der Waals surface area contributed by atoms with Gasteiger partial charge in [-0.2, -0.15) is 5.10 Å². The zero-order valence-corrected chi connectivity index (χ0v) is 11.1. The number of carbonyl (C=O) groups excluding carboxylic acids is 1. The largest absolute Gasteiger partial charge is 0.345 e. The number of hydrogen-bond donors (Lipinski definition) is 2. The van der Waals surface area contributed by atoms with Gasteiger partial charge in [0.2, 0.25) is 0 Å². The van der Waals surface area contributed by atoms with Crippen molar-refractivity contribution in [1.29, 1.82) is 0 Å². The number of H-pyrrole nitrogens is 1. The fourth-order valence-electron chi connectivity index (χ4n) is 1.65. The third-order valence-corrected chi connectivity index (χ3v) is 3.97. The highest BCUT2D eigenvalue weighted by Crippen LogP contribution is 2.43. The Kier molecular flexibility index (Phi) is 3.77. The molecule has 0 atom stereocenters. The van der Waals surface area contributed by atoms with Crippen LogP contribution in [0.4, 0.5) is 8.78 Å². The molecule has 1 saturated carbocycles. The first-order chi connectivity index (χ1) is 8.80. The maximum absolute atomic E-state index is 12.0. The molecule has 10 heteroatoms. The zero-order valence-electron chi connectivity index (χ0n) is 9.49. The van der Waals surface area contributed by atoms with E-state index in [1.54, 1.807) is 0 Å². The molecule has 1 fully saturated rings.